The van der Waals surface area contributed by atoms with E-state index in [4.69, 9.17) is 4.74 Å². The molecule has 1 fully saturated rings. The summed E-state index contributed by atoms with van der Waals surface area (Å²) < 4.78 is 5.00. The number of hydrogen-bond donors (Lipinski definition) is 2. The number of anilines is 2. The summed E-state index contributed by atoms with van der Waals surface area (Å²) in [7, 11) is 0. The van der Waals surface area contributed by atoms with Crippen molar-refractivity contribution in [2.75, 3.05) is 29.9 Å². The van der Waals surface area contributed by atoms with Crippen molar-refractivity contribution in [3.8, 4) is 0 Å². The van der Waals surface area contributed by atoms with E-state index in [1.165, 1.54) is 38.0 Å². The Morgan fingerprint density at radius 1 is 1.15 bits per heavy atom. The summed E-state index contributed by atoms with van der Waals surface area (Å²) >= 11 is 0. The molecule has 10 nitrogen and oxygen atoms in total. The van der Waals surface area contributed by atoms with Crippen LogP contribution in [0.5, 0.6) is 0 Å². The number of nitro benzene ring substituents is 1. The molecular formula is C23H26N4O6. The molecule has 3 rings (SSSR count). The van der Waals surface area contributed by atoms with Crippen molar-refractivity contribution in [2.24, 2.45) is 0 Å². The molecule has 1 aliphatic rings. The SMILES string of the molecule is Cc1cc(N2CCCC2)ccc1NC(=O)COC(=O)[C@H](C)NC(=O)c1cccc([N+](=O)[O-])c1. The maximum absolute atomic E-state index is 12.2. The molecule has 174 valence electrons. The van der Waals surface area contributed by atoms with E-state index in [9.17, 15) is 24.5 Å². The van der Waals surface area contributed by atoms with Gasteiger partial charge in [0.2, 0.25) is 0 Å². The minimum atomic E-state index is -1.05. The summed E-state index contributed by atoms with van der Waals surface area (Å²) in [5.41, 5.74) is 2.44. The minimum Gasteiger partial charge on any atom is -0.454 e. The van der Waals surface area contributed by atoms with Gasteiger partial charge in [0.25, 0.3) is 17.5 Å². The van der Waals surface area contributed by atoms with Crippen LogP contribution in [0.25, 0.3) is 0 Å². The fourth-order valence-electron chi connectivity index (χ4n) is 3.51. The van der Waals surface area contributed by atoms with Gasteiger partial charge in [0.05, 0.1) is 4.92 Å². The van der Waals surface area contributed by atoms with E-state index in [0.717, 1.165) is 30.4 Å². The Kier molecular flexibility index (Phi) is 7.60. The number of rotatable bonds is 8. The summed E-state index contributed by atoms with van der Waals surface area (Å²) in [6.45, 7) is 4.83. The van der Waals surface area contributed by atoms with Crippen LogP contribution in [-0.2, 0) is 14.3 Å². The first-order valence-electron chi connectivity index (χ1n) is 10.6. The van der Waals surface area contributed by atoms with E-state index >= 15 is 0 Å². The highest BCUT2D eigenvalue weighted by molar-refractivity contribution is 5.98. The molecule has 10 heteroatoms. The number of ether oxygens (including phenoxy) is 1. The Balaban J connectivity index is 1.48. The van der Waals surface area contributed by atoms with Crippen LogP contribution >= 0.6 is 0 Å². The van der Waals surface area contributed by atoms with Crippen LogP contribution < -0.4 is 15.5 Å². The molecule has 0 saturated carbocycles. The average molecular weight is 454 g/mol. The van der Waals surface area contributed by atoms with Crippen LogP contribution in [0.2, 0.25) is 0 Å². The first-order chi connectivity index (χ1) is 15.7. The summed E-state index contributed by atoms with van der Waals surface area (Å²) in [5, 5.41) is 16.0. The average Bonchev–Trinajstić information content (AvgIpc) is 3.33. The zero-order valence-corrected chi connectivity index (χ0v) is 18.5. The van der Waals surface area contributed by atoms with E-state index in [2.05, 4.69) is 15.5 Å². The van der Waals surface area contributed by atoms with Gasteiger partial charge in [0, 0.05) is 42.2 Å². The lowest BCUT2D eigenvalue weighted by atomic mass is 10.1. The number of nitro groups is 1. The van der Waals surface area contributed by atoms with E-state index in [1.54, 1.807) is 0 Å². The first-order valence-corrected chi connectivity index (χ1v) is 10.6. The van der Waals surface area contributed by atoms with Crippen LogP contribution in [-0.4, -0.2) is 48.4 Å². The molecule has 2 amide bonds. The predicted octanol–water partition coefficient (Wildman–Crippen LogP) is 2.80. The second kappa shape index (κ2) is 10.6. The molecule has 0 bridgehead atoms. The fourth-order valence-corrected chi connectivity index (χ4v) is 3.51. The first kappa shape index (κ1) is 23.7. The fraction of sp³-hybridized carbons (Fsp3) is 0.348. The smallest absolute Gasteiger partial charge is 0.328 e. The van der Waals surface area contributed by atoms with Gasteiger partial charge >= 0.3 is 5.97 Å². The van der Waals surface area contributed by atoms with Crippen molar-refractivity contribution in [2.45, 2.75) is 32.7 Å². The highest BCUT2D eigenvalue weighted by Crippen LogP contribution is 2.25. The van der Waals surface area contributed by atoms with Crippen molar-refractivity contribution in [3.63, 3.8) is 0 Å². The Bertz CT molecular complexity index is 1060. The minimum absolute atomic E-state index is 0.0365. The molecule has 1 heterocycles. The number of aryl methyl sites for hydroxylation is 1. The molecule has 1 atom stereocenters. The third-order valence-corrected chi connectivity index (χ3v) is 5.32. The largest absolute Gasteiger partial charge is 0.454 e. The lowest BCUT2D eigenvalue weighted by Gasteiger charge is -2.19. The third-order valence-electron chi connectivity index (χ3n) is 5.32. The molecule has 0 radical (unpaired) electrons. The quantitative estimate of drug-likeness (QED) is 0.356. The summed E-state index contributed by atoms with van der Waals surface area (Å²) in [4.78, 5) is 49.2. The maximum Gasteiger partial charge on any atom is 0.328 e. The van der Waals surface area contributed by atoms with Crippen LogP contribution in [0.1, 0.15) is 35.7 Å². The summed E-state index contributed by atoms with van der Waals surface area (Å²) in [6.07, 6.45) is 2.35. The second-order valence-corrected chi connectivity index (χ2v) is 7.85. The zero-order chi connectivity index (χ0) is 24.0. The second-order valence-electron chi connectivity index (χ2n) is 7.85. The number of benzene rings is 2. The highest BCUT2D eigenvalue weighted by atomic mass is 16.6. The van der Waals surface area contributed by atoms with Gasteiger partial charge in [-0.25, -0.2) is 4.79 Å². The van der Waals surface area contributed by atoms with Gasteiger partial charge in [-0.3, -0.25) is 19.7 Å². The van der Waals surface area contributed by atoms with Gasteiger partial charge in [-0.1, -0.05) is 6.07 Å². The van der Waals surface area contributed by atoms with Crippen LogP contribution in [0, 0.1) is 17.0 Å². The number of amides is 2. The zero-order valence-electron chi connectivity index (χ0n) is 18.5. The van der Waals surface area contributed by atoms with Gasteiger partial charge in [0.15, 0.2) is 6.61 Å². The van der Waals surface area contributed by atoms with Gasteiger partial charge < -0.3 is 20.3 Å². The molecule has 1 aliphatic heterocycles. The number of nitrogens with zero attached hydrogens (tertiary/aromatic N) is 2. The lowest BCUT2D eigenvalue weighted by Crippen LogP contribution is -2.40. The topological polar surface area (TPSA) is 131 Å². The van der Waals surface area contributed by atoms with Crippen molar-refractivity contribution in [1.29, 1.82) is 0 Å². The molecule has 0 spiro atoms. The number of esters is 1. The summed E-state index contributed by atoms with van der Waals surface area (Å²) in [6, 6.07) is 9.87. The standard InChI is InChI=1S/C23H26N4O6/c1-15-12-18(26-10-3-4-11-26)8-9-20(15)25-21(28)14-33-23(30)16(2)24-22(29)17-6-5-7-19(13-17)27(31)32/h5-9,12-13,16H,3-4,10-11,14H2,1-2H3,(H,24,29)(H,25,28)/t16-/m0/s1. The molecule has 2 aromatic carbocycles. The molecule has 2 aromatic rings. The van der Waals surface area contributed by atoms with E-state index in [-0.39, 0.29) is 11.3 Å². The van der Waals surface area contributed by atoms with E-state index < -0.39 is 35.4 Å². The maximum atomic E-state index is 12.2. The van der Waals surface area contributed by atoms with Crippen molar-refractivity contribution in [3.05, 3.63) is 63.7 Å². The molecule has 33 heavy (non-hydrogen) atoms. The molecule has 2 N–H and O–H groups in total. The van der Waals surface area contributed by atoms with Crippen LogP contribution in [0.4, 0.5) is 17.1 Å². The molecule has 0 aromatic heterocycles. The number of hydrogen-bond acceptors (Lipinski definition) is 7. The van der Waals surface area contributed by atoms with E-state index in [0.29, 0.717) is 5.69 Å². The summed E-state index contributed by atoms with van der Waals surface area (Å²) in [5.74, 6) is -1.97. The van der Waals surface area contributed by atoms with Gasteiger partial charge in [0.1, 0.15) is 6.04 Å². The molecule has 0 unspecified atom stereocenters. The Labute approximate surface area is 191 Å². The lowest BCUT2D eigenvalue weighted by molar-refractivity contribution is -0.384. The number of carbonyl (C=O) groups excluding carboxylic acids is 3. The van der Waals surface area contributed by atoms with Gasteiger partial charge in [-0.2, -0.15) is 0 Å². The number of nitrogens with one attached hydrogen (secondary N) is 2. The van der Waals surface area contributed by atoms with Crippen molar-refractivity contribution in [1.82, 2.24) is 5.32 Å². The van der Waals surface area contributed by atoms with Crippen LogP contribution in [0.3, 0.4) is 0 Å². The number of non-ortho nitro benzene ring substituents is 1. The van der Waals surface area contributed by atoms with Crippen LogP contribution in [0.15, 0.2) is 42.5 Å². The number of carbonyl (C=O) groups is 3. The Morgan fingerprint density at radius 3 is 2.55 bits per heavy atom. The monoisotopic (exact) mass is 454 g/mol. The van der Waals surface area contributed by atoms with Gasteiger partial charge in [-0.15, -0.1) is 0 Å². The molecule has 0 aliphatic carbocycles. The Hall–Kier alpha value is -3.95. The third kappa shape index (κ3) is 6.28. The van der Waals surface area contributed by atoms with Crippen molar-refractivity contribution >= 4 is 34.8 Å². The molecular weight excluding hydrogens is 428 g/mol. The van der Waals surface area contributed by atoms with E-state index in [1.807, 2.05) is 25.1 Å². The normalized spacial score (nSPS) is 13.8. The predicted molar refractivity (Wildman–Crippen MR) is 122 cm³/mol. The molecule has 1 saturated heterocycles. The van der Waals surface area contributed by atoms with Crippen molar-refractivity contribution < 1.29 is 24.0 Å². The Morgan fingerprint density at radius 2 is 1.88 bits per heavy atom. The van der Waals surface area contributed by atoms with Gasteiger partial charge in [-0.05, 0) is 56.5 Å². The highest BCUT2D eigenvalue weighted by Gasteiger charge is 2.20.